The molecule has 0 radical (unpaired) electrons. The number of aryl methyl sites for hydroxylation is 1. The third-order valence-corrected chi connectivity index (χ3v) is 7.40. The van der Waals surface area contributed by atoms with Crippen molar-refractivity contribution >= 4 is 17.8 Å². The Hall–Kier alpha value is -3.39. The molecule has 37 heavy (non-hydrogen) atoms. The molecule has 1 aromatic carbocycles. The van der Waals surface area contributed by atoms with Gasteiger partial charge in [-0.05, 0) is 38.8 Å². The number of nitrogens with one attached hydrogen (secondary N) is 3. The maximum absolute atomic E-state index is 13.4. The van der Waals surface area contributed by atoms with Gasteiger partial charge in [0.05, 0.1) is 36.6 Å². The van der Waals surface area contributed by atoms with Crippen LogP contribution in [0.1, 0.15) is 57.2 Å². The van der Waals surface area contributed by atoms with Crippen molar-refractivity contribution in [1.82, 2.24) is 15.5 Å². The van der Waals surface area contributed by atoms with Gasteiger partial charge < -0.3 is 20.1 Å². The lowest BCUT2D eigenvalue weighted by atomic mass is 9.88. The van der Waals surface area contributed by atoms with Gasteiger partial charge in [0.2, 0.25) is 11.8 Å². The van der Waals surface area contributed by atoms with Crippen molar-refractivity contribution in [3.8, 4) is 5.75 Å². The predicted molar refractivity (Wildman–Crippen MR) is 143 cm³/mol. The maximum Gasteiger partial charge on any atom is 0.232 e. The van der Waals surface area contributed by atoms with Gasteiger partial charge >= 0.3 is 0 Å². The summed E-state index contributed by atoms with van der Waals surface area (Å²) in [4.78, 5) is 28.1. The lowest BCUT2D eigenvalue weighted by Gasteiger charge is -2.43. The molecule has 2 aliphatic heterocycles. The van der Waals surface area contributed by atoms with Crippen molar-refractivity contribution in [3.63, 3.8) is 0 Å². The first-order chi connectivity index (χ1) is 17.5. The normalized spacial score (nSPS) is 27.1. The van der Waals surface area contributed by atoms with Crippen LogP contribution in [0.4, 0.5) is 0 Å². The standard InChI is InChI=1S/C29H38N4O4/c1-7-29(8-2)17-25(34)33(27(30)32-29)23(10-9-13-36-6)19-15-20(19)26(35)31-22-16-28(4,5)37-24-12-11-18(3)14-21(22)24/h7,9-12,14-15,20,22-23H,1,8,13,16-17H2,2-6H3,(H2,30,32)(H,31,35)/b10-9+/t20-,22+,23?,29-/m1/s1. The number of fused-ring (bicyclic) bond motifs is 1. The van der Waals surface area contributed by atoms with E-state index in [1.54, 1.807) is 13.2 Å². The largest absolute Gasteiger partial charge is 0.487 e. The van der Waals surface area contributed by atoms with Crippen LogP contribution in [0.5, 0.6) is 5.75 Å². The third kappa shape index (κ3) is 5.49. The fraction of sp³-hybridized carbons (Fsp3) is 0.483. The Bertz CT molecular complexity index is 1150. The highest BCUT2D eigenvalue weighted by Crippen LogP contribution is 2.42. The van der Waals surface area contributed by atoms with E-state index in [-0.39, 0.29) is 30.2 Å². The molecule has 3 N–H and O–H groups in total. The molecule has 2 amide bonds. The molecule has 0 saturated carbocycles. The van der Waals surface area contributed by atoms with E-state index in [1.165, 1.54) is 4.90 Å². The SMILES string of the molecule is C=C[C@@]1(CC)CC(=O)N(C(/C=C/COC)C2=C[C@H]2C(=O)N[C@H]2CC(C)(C)Oc3ccc(C)cc32)C(=N)N1. The van der Waals surface area contributed by atoms with Crippen LogP contribution < -0.4 is 15.4 Å². The Balaban J connectivity index is 1.52. The number of ether oxygens (including phenoxy) is 2. The molecule has 8 heteroatoms. The van der Waals surface area contributed by atoms with Gasteiger partial charge in [-0.3, -0.25) is 19.9 Å². The molecule has 0 bridgehead atoms. The molecule has 0 aromatic heterocycles. The second kappa shape index (κ2) is 10.2. The summed E-state index contributed by atoms with van der Waals surface area (Å²) in [7, 11) is 1.59. The van der Waals surface area contributed by atoms with Gasteiger partial charge in [-0.2, -0.15) is 0 Å². The fourth-order valence-electron chi connectivity index (χ4n) is 5.24. The second-order valence-electron chi connectivity index (χ2n) is 10.8. The minimum atomic E-state index is -0.637. The van der Waals surface area contributed by atoms with E-state index in [0.717, 1.165) is 22.4 Å². The Labute approximate surface area is 219 Å². The van der Waals surface area contributed by atoms with Crippen LogP contribution in [-0.2, 0) is 14.3 Å². The van der Waals surface area contributed by atoms with Crippen LogP contribution in [0.15, 0.2) is 54.7 Å². The molecule has 4 atom stereocenters. The average molecular weight is 507 g/mol. The van der Waals surface area contributed by atoms with E-state index in [0.29, 0.717) is 19.4 Å². The van der Waals surface area contributed by atoms with E-state index in [1.807, 2.05) is 58.1 Å². The first-order valence-electron chi connectivity index (χ1n) is 12.8. The van der Waals surface area contributed by atoms with Crippen molar-refractivity contribution in [2.24, 2.45) is 5.92 Å². The summed E-state index contributed by atoms with van der Waals surface area (Å²) in [5.41, 5.74) is 1.82. The van der Waals surface area contributed by atoms with Crippen molar-refractivity contribution in [2.75, 3.05) is 13.7 Å². The minimum Gasteiger partial charge on any atom is -0.487 e. The van der Waals surface area contributed by atoms with Gasteiger partial charge in [0.15, 0.2) is 5.96 Å². The summed E-state index contributed by atoms with van der Waals surface area (Å²) in [6.07, 6.45) is 8.70. The van der Waals surface area contributed by atoms with Crippen molar-refractivity contribution in [2.45, 2.75) is 70.2 Å². The number of carbonyl (C=O) groups is 2. The van der Waals surface area contributed by atoms with Crippen LogP contribution in [0.25, 0.3) is 0 Å². The van der Waals surface area contributed by atoms with Gasteiger partial charge in [0, 0.05) is 19.1 Å². The lowest BCUT2D eigenvalue weighted by Crippen LogP contribution is -2.63. The summed E-state index contributed by atoms with van der Waals surface area (Å²) in [5, 5.41) is 15.0. The molecule has 3 aliphatic rings. The summed E-state index contributed by atoms with van der Waals surface area (Å²) < 4.78 is 11.3. The van der Waals surface area contributed by atoms with Gasteiger partial charge in [-0.15, -0.1) is 6.58 Å². The van der Waals surface area contributed by atoms with E-state index >= 15 is 0 Å². The Morgan fingerprint density at radius 1 is 1.43 bits per heavy atom. The van der Waals surface area contributed by atoms with E-state index in [4.69, 9.17) is 14.9 Å². The van der Waals surface area contributed by atoms with Crippen molar-refractivity contribution in [3.05, 3.63) is 65.8 Å². The molecule has 1 aliphatic carbocycles. The van der Waals surface area contributed by atoms with Crippen LogP contribution in [0.3, 0.4) is 0 Å². The molecular formula is C29H38N4O4. The van der Waals surface area contributed by atoms with Gasteiger partial charge in [-0.1, -0.05) is 48.9 Å². The number of hydrogen-bond donors (Lipinski definition) is 3. The van der Waals surface area contributed by atoms with Gasteiger partial charge in [-0.25, -0.2) is 0 Å². The highest BCUT2D eigenvalue weighted by Gasteiger charge is 2.47. The van der Waals surface area contributed by atoms with Crippen molar-refractivity contribution in [1.29, 1.82) is 5.41 Å². The summed E-state index contributed by atoms with van der Waals surface area (Å²) in [6.45, 7) is 12.2. The van der Waals surface area contributed by atoms with E-state index < -0.39 is 23.1 Å². The summed E-state index contributed by atoms with van der Waals surface area (Å²) in [5.74, 6) is 0.0480. The zero-order valence-electron chi connectivity index (χ0n) is 22.4. The monoisotopic (exact) mass is 506 g/mol. The van der Waals surface area contributed by atoms with Crippen molar-refractivity contribution < 1.29 is 19.1 Å². The molecular weight excluding hydrogens is 468 g/mol. The number of benzene rings is 1. The van der Waals surface area contributed by atoms with Gasteiger partial charge in [0.25, 0.3) is 0 Å². The molecule has 2 heterocycles. The number of amides is 2. The Morgan fingerprint density at radius 3 is 2.84 bits per heavy atom. The summed E-state index contributed by atoms with van der Waals surface area (Å²) >= 11 is 0. The number of methoxy groups -OCH3 is 1. The topological polar surface area (TPSA) is 104 Å². The molecule has 1 saturated heterocycles. The highest BCUT2D eigenvalue weighted by molar-refractivity contribution is 6.01. The van der Waals surface area contributed by atoms with Crippen LogP contribution >= 0.6 is 0 Å². The predicted octanol–water partition coefficient (Wildman–Crippen LogP) is 3.93. The number of hydrogen-bond acceptors (Lipinski definition) is 5. The number of carbonyl (C=O) groups excluding carboxylic acids is 2. The lowest BCUT2D eigenvalue weighted by molar-refractivity contribution is -0.131. The zero-order valence-corrected chi connectivity index (χ0v) is 22.4. The third-order valence-electron chi connectivity index (χ3n) is 7.40. The first kappa shape index (κ1) is 26.7. The van der Waals surface area contributed by atoms with Crippen LogP contribution in [0, 0.1) is 18.3 Å². The quantitative estimate of drug-likeness (QED) is 0.440. The number of guanidine groups is 1. The zero-order chi connectivity index (χ0) is 27.0. The molecule has 1 aromatic rings. The highest BCUT2D eigenvalue weighted by atomic mass is 16.5. The molecule has 8 nitrogen and oxygen atoms in total. The molecule has 198 valence electrons. The Kier molecular flexibility index (Phi) is 7.33. The molecule has 0 spiro atoms. The van der Waals surface area contributed by atoms with E-state index in [9.17, 15) is 9.59 Å². The van der Waals surface area contributed by atoms with Gasteiger partial charge in [0.1, 0.15) is 11.4 Å². The van der Waals surface area contributed by atoms with Crippen LogP contribution in [0.2, 0.25) is 0 Å². The Morgan fingerprint density at radius 2 is 2.19 bits per heavy atom. The molecule has 4 rings (SSSR count). The first-order valence-corrected chi connectivity index (χ1v) is 12.8. The smallest absolute Gasteiger partial charge is 0.232 e. The second-order valence-corrected chi connectivity index (χ2v) is 10.8. The molecule has 1 unspecified atom stereocenters. The average Bonchev–Trinajstić information content (AvgIpc) is 3.63. The molecule has 1 fully saturated rings. The summed E-state index contributed by atoms with van der Waals surface area (Å²) in [6, 6.07) is 5.31. The number of nitrogens with zero attached hydrogens (tertiary/aromatic N) is 1. The fourth-order valence-corrected chi connectivity index (χ4v) is 5.24. The maximum atomic E-state index is 13.4. The van der Waals surface area contributed by atoms with E-state index in [2.05, 4.69) is 23.3 Å². The minimum absolute atomic E-state index is 0.00704. The number of rotatable bonds is 9. The van der Waals surface area contributed by atoms with Crippen LogP contribution in [-0.4, -0.2) is 53.6 Å².